The van der Waals surface area contributed by atoms with Gasteiger partial charge < -0.3 is 25.0 Å². The van der Waals surface area contributed by atoms with Crippen LogP contribution in [-0.4, -0.2) is 71.3 Å². The van der Waals surface area contributed by atoms with Crippen molar-refractivity contribution in [3.05, 3.63) is 71.5 Å². The van der Waals surface area contributed by atoms with Crippen LogP contribution >= 0.6 is 0 Å². The van der Waals surface area contributed by atoms with E-state index >= 15 is 0 Å². The molecule has 2 fully saturated rings. The van der Waals surface area contributed by atoms with E-state index in [-0.39, 0.29) is 30.6 Å². The molecule has 1 heterocycles. The monoisotopic (exact) mass is 581 g/mol. The van der Waals surface area contributed by atoms with Crippen LogP contribution in [0.3, 0.4) is 0 Å². The van der Waals surface area contributed by atoms with Gasteiger partial charge in [0.1, 0.15) is 18.5 Å². The Labute approximate surface area is 250 Å². The minimum atomic E-state index is -0.767. The van der Waals surface area contributed by atoms with Gasteiger partial charge in [-0.2, -0.15) is 0 Å². The third-order valence-electron chi connectivity index (χ3n) is 8.81. The summed E-state index contributed by atoms with van der Waals surface area (Å²) in [7, 11) is 0. The smallest absolute Gasteiger partial charge is 0.410 e. The first-order valence-corrected chi connectivity index (χ1v) is 15.7. The van der Waals surface area contributed by atoms with Gasteiger partial charge in [0.25, 0.3) is 0 Å². The summed E-state index contributed by atoms with van der Waals surface area (Å²) in [4.78, 5) is 29.4. The molecule has 0 aromatic heterocycles. The number of carbonyl (C=O) groups is 2. The lowest BCUT2D eigenvalue weighted by Crippen LogP contribution is -2.48. The van der Waals surface area contributed by atoms with Gasteiger partial charge in [0, 0.05) is 38.3 Å². The molecule has 0 spiro atoms. The zero-order valence-electron chi connectivity index (χ0n) is 25.4. The molecule has 3 unspecified atom stereocenters. The molecule has 1 amide bonds. The fraction of sp³-hybridized carbons (Fsp3) is 0.588. The van der Waals surface area contributed by atoms with Gasteiger partial charge >= 0.3 is 12.1 Å². The number of carboxylic acids is 1. The standard InChI is InChI=1S/C34H48FN3O4/c1-4-15-38(34(41)42-23-25-9-8-12-28(35)19-25)30-13-16-37(17-14-30)22-27-20-29(36-32(33(39)40)18-24(2)3)21-31(27)26-10-6-5-7-11-26/h5-12,19,24,27,29-32,36H,4,13-18,20-23H2,1-3H3,(H,39,40)/t27?,29?,31?,32-/m1/s1. The molecule has 8 heteroatoms. The summed E-state index contributed by atoms with van der Waals surface area (Å²) in [6, 6.07) is 16.6. The largest absolute Gasteiger partial charge is 0.480 e. The van der Waals surface area contributed by atoms with Crippen LogP contribution in [0.15, 0.2) is 54.6 Å². The van der Waals surface area contributed by atoms with E-state index in [1.807, 2.05) is 11.0 Å². The number of rotatable bonds is 13. The Morgan fingerprint density at radius 3 is 2.48 bits per heavy atom. The number of hydrogen-bond donors (Lipinski definition) is 2. The number of hydrogen-bond acceptors (Lipinski definition) is 5. The molecule has 4 atom stereocenters. The molecule has 42 heavy (non-hydrogen) atoms. The van der Waals surface area contributed by atoms with E-state index in [2.05, 4.69) is 55.3 Å². The zero-order valence-corrected chi connectivity index (χ0v) is 25.4. The normalized spacial score (nSPS) is 22.3. The topological polar surface area (TPSA) is 82.1 Å². The predicted octanol–water partition coefficient (Wildman–Crippen LogP) is 6.29. The van der Waals surface area contributed by atoms with Crippen LogP contribution in [0.4, 0.5) is 9.18 Å². The van der Waals surface area contributed by atoms with E-state index in [9.17, 15) is 19.1 Å². The van der Waals surface area contributed by atoms with Crippen LogP contribution in [0, 0.1) is 17.7 Å². The van der Waals surface area contributed by atoms with Crippen molar-refractivity contribution in [2.75, 3.05) is 26.2 Å². The number of halogens is 1. The Morgan fingerprint density at radius 2 is 1.83 bits per heavy atom. The highest BCUT2D eigenvalue weighted by Crippen LogP contribution is 2.41. The summed E-state index contributed by atoms with van der Waals surface area (Å²) in [5.74, 6) is 0.0178. The number of carboxylic acid groups (broad SMARTS) is 1. The Bertz CT molecular complexity index is 1140. The number of likely N-dealkylation sites (tertiary alicyclic amines) is 1. The van der Waals surface area contributed by atoms with Crippen LogP contribution in [0.1, 0.15) is 76.3 Å². The van der Waals surface area contributed by atoms with E-state index in [0.717, 1.165) is 51.7 Å². The molecular weight excluding hydrogens is 533 g/mol. The number of piperidine rings is 1. The number of amides is 1. The van der Waals surface area contributed by atoms with E-state index in [0.29, 0.717) is 36.3 Å². The van der Waals surface area contributed by atoms with Gasteiger partial charge in [-0.25, -0.2) is 9.18 Å². The van der Waals surface area contributed by atoms with Crippen molar-refractivity contribution in [1.82, 2.24) is 15.1 Å². The molecule has 0 radical (unpaired) electrons. The lowest BCUT2D eigenvalue weighted by Gasteiger charge is -2.39. The van der Waals surface area contributed by atoms with Gasteiger partial charge in [0.15, 0.2) is 0 Å². The Morgan fingerprint density at radius 1 is 1.10 bits per heavy atom. The molecule has 0 bridgehead atoms. The number of ether oxygens (including phenoxy) is 1. The van der Waals surface area contributed by atoms with Crippen LogP contribution < -0.4 is 5.32 Å². The van der Waals surface area contributed by atoms with Crippen LogP contribution in [-0.2, 0) is 16.1 Å². The molecule has 4 rings (SSSR count). The molecule has 2 aliphatic rings. The second-order valence-corrected chi connectivity index (χ2v) is 12.5. The minimum Gasteiger partial charge on any atom is -0.480 e. The molecule has 7 nitrogen and oxygen atoms in total. The summed E-state index contributed by atoms with van der Waals surface area (Å²) in [6.45, 7) is 9.67. The van der Waals surface area contributed by atoms with Crippen LogP contribution in [0.2, 0.25) is 0 Å². The Hall–Kier alpha value is -2.97. The second kappa shape index (κ2) is 15.5. The highest BCUT2D eigenvalue weighted by atomic mass is 19.1. The number of aliphatic carboxylic acids is 1. The van der Waals surface area contributed by atoms with Crippen molar-refractivity contribution in [2.45, 2.75) is 89.9 Å². The molecule has 1 aliphatic carbocycles. The van der Waals surface area contributed by atoms with E-state index in [1.54, 1.807) is 12.1 Å². The highest BCUT2D eigenvalue weighted by molar-refractivity contribution is 5.73. The number of benzene rings is 2. The van der Waals surface area contributed by atoms with Crippen molar-refractivity contribution in [3.63, 3.8) is 0 Å². The number of nitrogens with one attached hydrogen (secondary N) is 1. The third kappa shape index (κ3) is 9.01. The fourth-order valence-electron chi connectivity index (χ4n) is 6.83. The minimum absolute atomic E-state index is 0.0628. The lowest BCUT2D eigenvalue weighted by molar-refractivity contribution is -0.140. The molecule has 2 N–H and O–H groups in total. The van der Waals surface area contributed by atoms with E-state index in [4.69, 9.17) is 4.74 Å². The van der Waals surface area contributed by atoms with Gasteiger partial charge in [-0.1, -0.05) is 63.2 Å². The van der Waals surface area contributed by atoms with Crippen LogP contribution in [0.25, 0.3) is 0 Å². The van der Waals surface area contributed by atoms with Crippen molar-refractivity contribution in [2.24, 2.45) is 11.8 Å². The summed E-state index contributed by atoms with van der Waals surface area (Å²) < 4.78 is 19.1. The van der Waals surface area contributed by atoms with Crippen molar-refractivity contribution in [1.29, 1.82) is 0 Å². The van der Waals surface area contributed by atoms with Gasteiger partial charge in [0.2, 0.25) is 0 Å². The van der Waals surface area contributed by atoms with Crippen LogP contribution in [0.5, 0.6) is 0 Å². The molecule has 2 aromatic rings. The average Bonchev–Trinajstić information content (AvgIpc) is 3.37. The summed E-state index contributed by atoms with van der Waals surface area (Å²) in [6.07, 6.45) is 4.80. The highest BCUT2D eigenvalue weighted by Gasteiger charge is 2.39. The Balaban J connectivity index is 1.35. The molecule has 1 aliphatic heterocycles. The van der Waals surface area contributed by atoms with E-state index in [1.165, 1.54) is 17.7 Å². The summed E-state index contributed by atoms with van der Waals surface area (Å²) >= 11 is 0. The quantitative estimate of drug-likeness (QED) is 0.289. The summed E-state index contributed by atoms with van der Waals surface area (Å²) in [5.41, 5.74) is 1.97. The van der Waals surface area contributed by atoms with Crippen molar-refractivity contribution >= 4 is 12.1 Å². The first-order chi connectivity index (χ1) is 20.2. The molecule has 230 valence electrons. The first-order valence-electron chi connectivity index (χ1n) is 15.7. The second-order valence-electron chi connectivity index (χ2n) is 12.5. The molecule has 1 saturated carbocycles. The van der Waals surface area contributed by atoms with Crippen molar-refractivity contribution < 1.29 is 23.8 Å². The third-order valence-corrected chi connectivity index (χ3v) is 8.81. The average molecular weight is 582 g/mol. The van der Waals surface area contributed by atoms with Crippen molar-refractivity contribution in [3.8, 4) is 0 Å². The number of carbonyl (C=O) groups excluding carboxylic acids is 1. The van der Waals surface area contributed by atoms with Gasteiger partial charge in [-0.3, -0.25) is 4.79 Å². The maximum Gasteiger partial charge on any atom is 0.410 e. The fourth-order valence-corrected chi connectivity index (χ4v) is 6.83. The molecular formula is C34H48FN3O4. The van der Waals surface area contributed by atoms with Gasteiger partial charge in [0.05, 0.1) is 0 Å². The van der Waals surface area contributed by atoms with E-state index < -0.39 is 12.0 Å². The maximum atomic E-state index is 13.5. The first kappa shape index (κ1) is 32.0. The molecule has 1 saturated heterocycles. The number of nitrogens with zero attached hydrogens (tertiary/aromatic N) is 2. The zero-order chi connectivity index (χ0) is 30.1. The predicted molar refractivity (Wildman–Crippen MR) is 163 cm³/mol. The maximum absolute atomic E-state index is 13.5. The SMILES string of the molecule is CCCN(C(=O)OCc1cccc(F)c1)C1CCN(CC2CC(N[C@H](CC(C)C)C(=O)O)CC2c2ccccc2)CC1. The Kier molecular flexibility index (Phi) is 11.8. The summed E-state index contributed by atoms with van der Waals surface area (Å²) in [5, 5.41) is 13.3. The van der Waals surface area contributed by atoms with Gasteiger partial charge in [-0.05, 0) is 79.5 Å². The lowest BCUT2D eigenvalue weighted by atomic mass is 9.88. The molecule has 2 aromatic carbocycles. The van der Waals surface area contributed by atoms with Gasteiger partial charge in [-0.15, -0.1) is 0 Å².